The van der Waals surface area contributed by atoms with Gasteiger partial charge in [-0.3, -0.25) is 4.79 Å². The van der Waals surface area contributed by atoms with E-state index in [-0.39, 0.29) is 11.2 Å². The summed E-state index contributed by atoms with van der Waals surface area (Å²) in [7, 11) is 0. The molecule has 1 saturated carbocycles. The number of halogens is 1. The van der Waals surface area contributed by atoms with Gasteiger partial charge in [0.25, 0.3) is 0 Å². The van der Waals surface area contributed by atoms with Crippen LogP contribution < -0.4 is 5.73 Å². The predicted octanol–water partition coefficient (Wildman–Crippen LogP) is 3.31. The SMILES string of the molecule is Cc1c(C(N)=O)cccc1C1(c2ccccc2F)CC1. The molecule has 1 fully saturated rings. The van der Waals surface area contributed by atoms with Crippen molar-refractivity contribution in [2.75, 3.05) is 0 Å². The van der Waals surface area contributed by atoms with Crippen molar-refractivity contribution in [1.82, 2.24) is 0 Å². The van der Waals surface area contributed by atoms with Crippen LogP contribution in [0.3, 0.4) is 0 Å². The summed E-state index contributed by atoms with van der Waals surface area (Å²) in [6.45, 7) is 1.89. The van der Waals surface area contributed by atoms with Crippen LogP contribution in [0.2, 0.25) is 0 Å². The molecule has 0 unspecified atom stereocenters. The molecular formula is C17H16FNO. The average Bonchev–Trinajstić information content (AvgIpc) is 3.20. The van der Waals surface area contributed by atoms with Gasteiger partial charge in [-0.05, 0) is 48.6 Å². The van der Waals surface area contributed by atoms with E-state index >= 15 is 0 Å². The molecule has 0 aromatic heterocycles. The fraction of sp³-hybridized carbons (Fsp3) is 0.235. The quantitative estimate of drug-likeness (QED) is 0.912. The second kappa shape index (κ2) is 4.44. The van der Waals surface area contributed by atoms with Crippen LogP contribution in [-0.4, -0.2) is 5.91 Å². The Kier molecular flexibility index (Phi) is 2.85. The first kappa shape index (κ1) is 12.9. The summed E-state index contributed by atoms with van der Waals surface area (Å²) < 4.78 is 14.1. The van der Waals surface area contributed by atoms with Crippen molar-refractivity contribution < 1.29 is 9.18 Å². The molecule has 2 aromatic carbocycles. The number of nitrogens with two attached hydrogens (primary N) is 1. The van der Waals surface area contributed by atoms with Crippen molar-refractivity contribution in [3.05, 3.63) is 70.5 Å². The zero-order valence-corrected chi connectivity index (χ0v) is 11.3. The number of amides is 1. The van der Waals surface area contributed by atoms with Gasteiger partial charge >= 0.3 is 0 Å². The third-order valence-corrected chi connectivity index (χ3v) is 4.25. The summed E-state index contributed by atoms with van der Waals surface area (Å²) in [5.41, 5.74) is 8.22. The maximum absolute atomic E-state index is 14.1. The van der Waals surface area contributed by atoms with E-state index in [1.54, 1.807) is 12.1 Å². The van der Waals surface area contributed by atoms with E-state index < -0.39 is 5.91 Å². The van der Waals surface area contributed by atoms with E-state index in [0.29, 0.717) is 11.1 Å². The van der Waals surface area contributed by atoms with Crippen LogP contribution in [0.5, 0.6) is 0 Å². The molecule has 1 aliphatic carbocycles. The molecule has 0 saturated heterocycles. The van der Waals surface area contributed by atoms with Gasteiger partial charge in [-0.15, -0.1) is 0 Å². The summed E-state index contributed by atoms with van der Waals surface area (Å²) in [4.78, 5) is 11.5. The van der Waals surface area contributed by atoms with E-state index in [0.717, 1.165) is 24.0 Å². The maximum Gasteiger partial charge on any atom is 0.248 e. The Hall–Kier alpha value is -2.16. The van der Waals surface area contributed by atoms with Gasteiger partial charge in [0.15, 0.2) is 0 Å². The third-order valence-electron chi connectivity index (χ3n) is 4.25. The van der Waals surface area contributed by atoms with Gasteiger partial charge in [0, 0.05) is 11.0 Å². The minimum Gasteiger partial charge on any atom is -0.366 e. The Labute approximate surface area is 117 Å². The largest absolute Gasteiger partial charge is 0.366 e. The fourth-order valence-corrected chi connectivity index (χ4v) is 3.08. The van der Waals surface area contributed by atoms with Gasteiger partial charge in [-0.2, -0.15) is 0 Å². The standard InChI is InChI=1S/C17H16FNO/c1-11-12(16(19)20)5-4-7-13(11)17(9-10-17)14-6-2-3-8-15(14)18/h2-8H,9-10H2,1H3,(H2,19,20). The number of benzene rings is 2. The molecule has 0 radical (unpaired) electrons. The van der Waals surface area contributed by atoms with Gasteiger partial charge < -0.3 is 5.73 Å². The Morgan fingerprint density at radius 1 is 1.10 bits per heavy atom. The minimum atomic E-state index is -0.436. The van der Waals surface area contributed by atoms with E-state index in [2.05, 4.69) is 0 Å². The first-order valence-electron chi connectivity index (χ1n) is 6.71. The smallest absolute Gasteiger partial charge is 0.248 e. The zero-order valence-electron chi connectivity index (χ0n) is 11.3. The maximum atomic E-state index is 14.1. The number of hydrogen-bond donors (Lipinski definition) is 1. The lowest BCUT2D eigenvalue weighted by atomic mass is 9.83. The number of rotatable bonds is 3. The number of carbonyl (C=O) groups is 1. The predicted molar refractivity (Wildman–Crippen MR) is 76.1 cm³/mol. The van der Waals surface area contributed by atoms with Crippen molar-refractivity contribution in [3.63, 3.8) is 0 Å². The molecule has 102 valence electrons. The number of primary amides is 1. The molecule has 0 heterocycles. The van der Waals surface area contributed by atoms with Crippen LogP contribution in [0.1, 0.15) is 39.9 Å². The molecule has 0 spiro atoms. The lowest BCUT2D eigenvalue weighted by Gasteiger charge is -2.20. The van der Waals surface area contributed by atoms with Gasteiger partial charge in [-0.1, -0.05) is 30.3 Å². The fourth-order valence-electron chi connectivity index (χ4n) is 3.08. The number of hydrogen-bond acceptors (Lipinski definition) is 1. The molecule has 0 atom stereocenters. The van der Waals surface area contributed by atoms with Gasteiger partial charge in [-0.25, -0.2) is 4.39 Å². The molecule has 0 bridgehead atoms. The summed E-state index contributed by atoms with van der Waals surface area (Å²) in [6.07, 6.45) is 1.80. The van der Waals surface area contributed by atoms with Crippen LogP contribution in [-0.2, 0) is 5.41 Å². The van der Waals surface area contributed by atoms with Crippen molar-refractivity contribution >= 4 is 5.91 Å². The van der Waals surface area contributed by atoms with E-state index in [1.807, 2.05) is 31.2 Å². The minimum absolute atomic E-state index is 0.186. The highest BCUT2D eigenvalue weighted by atomic mass is 19.1. The molecule has 1 aliphatic rings. The van der Waals surface area contributed by atoms with E-state index in [4.69, 9.17) is 5.73 Å². The monoisotopic (exact) mass is 269 g/mol. The number of carbonyl (C=O) groups excluding carboxylic acids is 1. The van der Waals surface area contributed by atoms with Crippen LogP contribution in [0.15, 0.2) is 42.5 Å². The highest BCUT2D eigenvalue weighted by molar-refractivity contribution is 5.94. The lowest BCUT2D eigenvalue weighted by Crippen LogP contribution is -2.18. The zero-order chi connectivity index (χ0) is 14.3. The molecule has 2 aromatic rings. The van der Waals surface area contributed by atoms with Crippen molar-refractivity contribution in [2.45, 2.75) is 25.2 Å². The molecule has 3 heteroatoms. The van der Waals surface area contributed by atoms with E-state index in [9.17, 15) is 9.18 Å². The summed E-state index contributed by atoms with van der Waals surface area (Å²) in [5.74, 6) is -0.623. The molecule has 1 amide bonds. The molecular weight excluding hydrogens is 253 g/mol. The normalized spacial score (nSPS) is 15.9. The average molecular weight is 269 g/mol. The van der Waals surface area contributed by atoms with Gasteiger partial charge in [0.05, 0.1) is 0 Å². The summed E-state index contributed by atoms with van der Waals surface area (Å²) in [6, 6.07) is 12.4. The van der Waals surface area contributed by atoms with Crippen LogP contribution >= 0.6 is 0 Å². The molecule has 20 heavy (non-hydrogen) atoms. The Balaban J connectivity index is 2.17. The Morgan fingerprint density at radius 3 is 2.35 bits per heavy atom. The molecule has 3 rings (SSSR count). The van der Waals surface area contributed by atoms with Crippen LogP contribution in [0.25, 0.3) is 0 Å². The van der Waals surface area contributed by atoms with Crippen molar-refractivity contribution in [2.24, 2.45) is 5.73 Å². The van der Waals surface area contributed by atoms with Crippen LogP contribution in [0.4, 0.5) is 4.39 Å². The lowest BCUT2D eigenvalue weighted by molar-refractivity contribution is 0.0999. The Morgan fingerprint density at radius 2 is 1.75 bits per heavy atom. The van der Waals surface area contributed by atoms with Gasteiger partial charge in [0.1, 0.15) is 5.82 Å². The first-order chi connectivity index (χ1) is 9.56. The van der Waals surface area contributed by atoms with Crippen LogP contribution in [0, 0.1) is 12.7 Å². The van der Waals surface area contributed by atoms with Crippen molar-refractivity contribution in [3.8, 4) is 0 Å². The highest BCUT2D eigenvalue weighted by Gasteiger charge is 2.48. The Bertz CT molecular complexity index is 689. The second-order valence-corrected chi connectivity index (χ2v) is 5.40. The van der Waals surface area contributed by atoms with Gasteiger partial charge in [0.2, 0.25) is 5.91 Å². The van der Waals surface area contributed by atoms with Crippen molar-refractivity contribution in [1.29, 1.82) is 0 Å². The highest BCUT2D eigenvalue weighted by Crippen LogP contribution is 2.55. The summed E-state index contributed by atoms with van der Waals surface area (Å²) in [5, 5.41) is 0. The first-order valence-corrected chi connectivity index (χ1v) is 6.71. The second-order valence-electron chi connectivity index (χ2n) is 5.40. The topological polar surface area (TPSA) is 43.1 Å². The molecule has 0 aliphatic heterocycles. The van der Waals surface area contributed by atoms with E-state index in [1.165, 1.54) is 6.07 Å². The summed E-state index contributed by atoms with van der Waals surface area (Å²) >= 11 is 0. The molecule has 2 N–H and O–H groups in total. The molecule has 2 nitrogen and oxygen atoms in total. The third kappa shape index (κ3) is 1.82.